The molecule has 0 atom stereocenters. The van der Waals surface area contributed by atoms with Crippen molar-refractivity contribution in [1.29, 1.82) is 5.26 Å². The van der Waals surface area contributed by atoms with Gasteiger partial charge in [-0.1, -0.05) is 37.1 Å². The quantitative estimate of drug-likeness (QED) is 0.469. The molecule has 0 aromatic heterocycles. The maximum absolute atomic E-state index is 13.0. The van der Waals surface area contributed by atoms with E-state index >= 15 is 0 Å². The fraction of sp³-hybridized carbons (Fsp3) is 0.348. The molecular formula is C23H25N3O5S. The van der Waals surface area contributed by atoms with E-state index in [1.54, 1.807) is 30.3 Å². The van der Waals surface area contributed by atoms with Crippen LogP contribution >= 0.6 is 0 Å². The summed E-state index contributed by atoms with van der Waals surface area (Å²) in [6, 6.07) is 16.2. The highest BCUT2D eigenvalue weighted by Gasteiger charge is 2.26. The molecule has 1 aliphatic heterocycles. The standard InChI is InChI=1S/C23H25N3O5S/c24-13-16-26(20-10-4-3-5-11-20)22(27)18-31-23(28)19-9-8-12-21(17-19)32(29,30)25-14-6-1-2-7-15-25/h3-5,8-12,17H,1-2,6-7,14-16,18H2. The molecule has 8 nitrogen and oxygen atoms in total. The topological polar surface area (TPSA) is 108 Å². The number of benzene rings is 2. The van der Waals surface area contributed by atoms with Gasteiger partial charge in [0.25, 0.3) is 5.91 Å². The predicted molar refractivity (Wildman–Crippen MR) is 118 cm³/mol. The van der Waals surface area contributed by atoms with E-state index in [4.69, 9.17) is 10.00 Å². The first-order valence-corrected chi connectivity index (χ1v) is 11.9. The fourth-order valence-electron chi connectivity index (χ4n) is 3.51. The SMILES string of the molecule is N#CCN(C(=O)COC(=O)c1cccc(S(=O)(=O)N2CCCCCC2)c1)c1ccccc1. The van der Waals surface area contributed by atoms with Crippen LogP contribution in [0.5, 0.6) is 0 Å². The zero-order valence-corrected chi connectivity index (χ0v) is 18.5. The number of esters is 1. The molecule has 1 aliphatic rings. The molecule has 2 aromatic rings. The van der Waals surface area contributed by atoms with Crippen molar-refractivity contribution in [2.24, 2.45) is 0 Å². The normalized spacial score (nSPS) is 14.7. The summed E-state index contributed by atoms with van der Waals surface area (Å²) in [5, 5.41) is 9.02. The van der Waals surface area contributed by atoms with Crippen molar-refractivity contribution < 1.29 is 22.7 Å². The van der Waals surface area contributed by atoms with E-state index in [0.29, 0.717) is 18.8 Å². The number of hydrogen-bond donors (Lipinski definition) is 0. The van der Waals surface area contributed by atoms with Gasteiger partial charge in [-0.2, -0.15) is 9.57 Å². The third-order valence-electron chi connectivity index (χ3n) is 5.20. The minimum Gasteiger partial charge on any atom is -0.452 e. The van der Waals surface area contributed by atoms with E-state index in [1.165, 1.54) is 33.5 Å². The van der Waals surface area contributed by atoms with Crippen molar-refractivity contribution in [1.82, 2.24) is 4.31 Å². The van der Waals surface area contributed by atoms with Crippen LogP contribution < -0.4 is 4.90 Å². The Bertz CT molecular complexity index is 1090. The van der Waals surface area contributed by atoms with E-state index in [-0.39, 0.29) is 17.0 Å². The van der Waals surface area contributed by atoms with Gasteiger partial charge in [-0.05, 0) is 43.2 Å². The summed E-state index contributed by atoms with van der Waals surface area (Å²) in [5.41, 5.74) is 0.556. The molecule has 1 saturated heterocycles. The van der Waals surface area contributed by atoms with E-state index < -0.39 is 28.5 Å². The number of nitriles is 1. The monoisotopic (exact) mass is 455 g/mol. The lowest BCUT2D eigenvalue weighted by atomic mass is 10.2. The number of nitrogens with zero attached hydrogens (tertiary/aromatic N) is 3. The highest BCUT2D eigenvalue weighted by Crippen LogP contribution is 2.21. The summed E-state index contributed by atoms with van der Waals surface area (Å²) in [6.07, 6.45) is 3.61. The third-order valence-corrected chi connectivity index (χ3v) is 7.09. The Morgan fingerprint density at radius 1 is 1.00 bits per heavy atom. The second-order valence-corrected chi connectivity index (χ2v) is 9.33. The van der Waals surface area contributed by atoms with Gasteiger partial charge in [-0.15, -0.1) is 0 Å². The number of carbonyl (C=O) groups excluding carboxylic acids is 2. The Kier molecular flexibility index (Phi) is 7.98. The van der Waals surface area contributed by atoms with Gasteiger partial charge in [0.1, 0.15) is 6.54 Å². The van der Waals surface area contributed by atoms with Gasteiger partial charge in [0.05, 0.1) is 16.5 Å². The molecule has 1 fully saturated rings. The summed E-state index contributed by atoms with van der Waals surface area (Å²) in [4.78, 5) is 26.3. The number of para-hydroxylation sites is 1. The van der Waals surface area contributed by atoms with Crippen molar-refractivity contribution in [3.8, 4) is 6.07 Å². The van der Waals surface area contributed by atoms with Crippen LogP contribution in [0.25, 0.3) is 0 Å². The van der Waals surface area contributed by atoms with Gasteiger partial charge in [0, 0.05) is 18.8 Å². The number of hydrogen-bond acceptors (Lipinski definition) is 6. The van der Waals surface area contributed by atoms with Crippen molar-refractivity contribution in [3.05, 3.63) is 60.2 Å². The van der Waals surface area contributed by atoms with Crippen LogP contribution in [-0.2, 0) is 19.6 Å². The molecule has 0 bridgehead atoms. The molecule has 168 valence electrons. The maximum Gasteiger partial charge on any atom is 0.338 e. The number of anilines is 1. The Morgan fingerprint density at radius 3 is 2.34 bits per heavy atom. The second kappa shape index (κ2) is 10.9. The molecule has 1 amide bonds. The van der Waals surface area contributed by atoms with Gasteiger partial charge in [0.15, 0.2) is 6.61 Å². The average Bonchev–Trinajstić information content (AvgIpc) is 3.12. The lowest BCUT2D eigenvalue weighted by Crippen LogP contribution is -2.35. The van der Waals surface area contributed by atoms with Gasteiger partial charge in [0.2, 0.25) is 10.0 Å². The van der Waals surface area contributed by atoms with Crippen LogP contribution in [0.2, 0.25) is 0 Å². The molecule has 1 heterocycles. The highest BCUT2D eigenvalue weighted by molar-refractivity contribution is 7.89. The molecule has 0 spiro atoms. The second-order valence-electron chi connectivity index (χ2n) is 7.40. The molecule has 2 aromatic carbocycles. The van der Waals surface area contributed by atoms with Gasteiger partial charge in [-0.3, -0.25) is 9.69 Å². The molecule has 0 saturated carbocycles. The van der Waals surface area contributed by atoms with Crippen LogP contribution in [0.15, 0.2) is 59.5 Å². The van der Waals surface area contributed by atoms with Crippen molar-refractivity contribution in [3.63, 3.8) is 0 Å². The lowest BCUT2D eigenvalue weighted by Gasteiger charge is -2.20. The first kappa shape index (κ1) is 23.4. The van der Waals surface area contributed by atoms with Crippen LogP contribution in [0.1, 0.15) is 36.0 Å². The number of carbonyl (C=O) groups is 2. The number of sulfonamides is 1. The molecule has 32 heavy (non-hydrogen) atoms. The largest absolute Gasteiger partial charge is 0.452 e. The summed E-state index contributed by atoms with van der Waals surface area (Å²) in [6.45, 7) is 0.155. The molecule has 0 radical (unpaired) electrons. The first-order chi connectivity index (χ1) is 15.4. The van der Waals surface area contributed by atoms with Crippen LogP contribution in [0.3, 0.4) is 0 Å². The number of amides is 1. The molecule has 0 N–H and O–H groups in total. The number of ether oxygens (including phenoxy) is 1. The summed E-state index contributed by atoms with van der Waals surface area (Å²) >= 11 is 0. The third kappa shape index (κ3) is 5.72. The van der Waals surface area contributed by atoms with E-state index in [2.05, 4.69) is 0 Å². The van der Waals surface area contributed by atoms with E-state index in [9.17, 15) is 18.0 Å². The Labute approximate surface area is 188 Å². The summed E-state index contributed by atoms with van der Waals surface area (Å²) in [7, 11) is -3.72. The lowest BCUT2D eigenvalue weighted by molar-refractivity contribution is -0.121. The van der Waals surface area contributed by atoms with E-state index in [1.807, 2.05) is 6.07 Å². The molecule has 3 rings (SSSR count). The van der Waals surface area contributed by atoms with E-state index in [0.717, 1.165) is 25.7 Å². The smallest absolute Gasteiger partial charge is 0.338 e. The van der Waals surface area contributed by atoms with Crippen molar-refractivity contribution in [2.75, 3.05) is 31.1 Å². The van der Waals surface area contributed by atoms with Gasteiger partial charge < -0.3 is 4.74 Å². The Morgan fingerprint density at radius 2 is 1.69 bits per heavy atom. The van der Waals surface area contributed by atoms with Crippen molar-refractivity contribution >= 4 is 27.6 Å². The average molecular weight is 456 g/mol. The molecule has 9 heteroatoms. The minimum absolute atomic E-state index is 0.0237. The highest BCUT2D eigenvalue weighted by atomic mass is 32.2. The minimum atomic E-state index is -3.72. The fourth-order valence-corrected chi connectivity index (χ4v) is 5.07. The van der Waals surface area contributed by atoms with Gasteiger partial charge >= 0.3 is 5.97 Å². The Hall–Kier alpha value is -3.22. The van der Waals surface area contributed by atoms with Crippen molar-refractivity contribution in [2.45, 2.75) is 30.6 Å². The first-order valence-electron chi connectivity index (χ1n) is 10.4. The Balaban J connectivity index is 1.69. The summed E-state index contributed by atoms with van der Waals surface area (Å²) in [5.74, 6) is -1.37. The number of rotatable bonds is 7. The zero-order valence-electron chi connectivity index (χ0n) is 17.6. The molecule has 0 unspecified atom stereocenters. The van der Waals surface area contributed by atoms with Crippen LogP contribution in [0.4, 0.5) is 5.69 Å². The molecular weight excluding hydrogens is 430 g/mol. The van der Waals surface area contributed by atoms with Crippen LogP contribution in [-0.4, -0.2) is 50.8 Å². The maximum atomic E-state index is 13.0. The van der Waals surface area contributed by atoms with Gasteiger partial charge in [-0.25, -0.2) is 13.2 Å². The van der Waals surface area contributed by atoms with Crippen LogP contribution in [0, 0.1) is 11.3 Å². The predicted octanol–water partition coefficient (Wildman–Crippen LogP) is 2.96. The molecule has 0 aliphatic carbocycles. The zero-order chi connectivity index (χ0) is 23.0. The summed E-state index contributed by atoms with van der Waals surface area (Å²) < 4.78 is 32.5.